The molecule has 1 heterocycles. The van der Waals surface area contributed by atoms with Gasteiger partial charge in [0.05, 0.1) is 3.79 Å². The van der Waals surface area contributed by atoms with Crippen LogP contribution < -0.4 is 5.32 Å². The van der Waals surface area contributed by atoms with E-state index >= 15 is 0 Å². The average Bonchev–Trinajstić information content (AvgIpc) is 2.47. The first-order chi connectivity index (χ1) is 6.13. The lowest BCUT2D eigenvalue weighted by atomic mass is 10.0. The minimum absolute atomic E-state index is 0.403. The molecule has 0 saturated carbocycles. The number of rotatable bonds is 4. The Hall–Kier alpha value is -0.120. The molecule has 1 rings (SSSR count). The van der Waals surface area contributed by atoms with Crippen LogP contribution in [0.5, 0.6) is 0 Å². The molecule has 1 nitrogen and oxygen atoms in total. The van der Waals surface area contributed by atoms with Crippen molar-refractivity contribution in [3.05, 3.63) is 32.9 Å². The molecule has 72 valence electrons. The van der Waals surface area contributed by atoms with Gasteiger partial charge in [0.25, 0.3) is 0 Å². The standard InChI is InChI=1S/C10H14BrNS/c1-7(2)4-9(12-3)8-5-10(11)13-6-8/h5-6,9,12H,1,4H2,2-3H3. The molecule has 1 atom stereocenters. The minimum Gasteiger partial charge on any atom is -0.313 e. The van der Waals surface area contributed by atoms with Crippen LogP contribution in [0.3, 0.4) is 0 Å². The van der Waals surface area contributed by atoms with Crippen LogP contribution in [0, 0.1) is 0 Å². The molecule has 1 aromatic heterocycles. The molecule has 1 unspecified atom stereocenters. The van der Waals surface area contributed by atoms with Crippen molar-refractivity contribution in [2.45, 2.75) is 19.4 Å². The zero-order valence-electron chi connectivity index (χ0n) is 7.93. The molecular formula is C10H14BrNS. The third kappa shape index (κ3) is 3.25. The van der Waals surface area contributed by atoms with Gasteiger partial charge in [0.15, 0.2) is 0 Å². The van der Waals surface area contributed by atoms with Crippen molar-refractivity contribution in [2.24, 2.45) is 0 Å². The monoisotopic (exact) mass is 259 g/mol. The molecule has 1 aromatic rings. The zero-order chi connectivity index (χ0) is 9.84. The summed E-state index contributed by atoms with van der Waals surface area (Å²) in [5, 5.41) is 5.46. The smallest absolute Gasteiger partial charge is 0.0701 e. The third-order valence-electron chi connectivity index (χ3n) is 1.89. The maximum Gasteiger partial charge on any atom is 0.0701 e. The summed E-state index contributed by atoms with van der Waals surface area (Å²) in [4.78, 5) is 0. The summed E-state index contributed by atoms with van der Waals surface area (Å²) in [6.45, 7) is 5.99. The molecule has 0 aliphatic rings. The fourth-order valence-electron chi connectivity index (χ4n) is 1.24. The van der Waals surface area contributed by atoms with Gasteiger partial charge in [-0.3, -0.25) is 0 Å². The van der Waals surface area contributed by atoms with Gasteiger partial charge >= 0.3 is 0 Å². The molecule has 0 aliphatic heterocycles. The van der Waals surface area contributed by atoms with Gasteiger partial charge in [-0.05, 0) is 53.3 Å². The first-order valence-corrected chi connectivity index (χ1v) is 5.86. The number of halogens is 1. The van der Waals surface area contributed by atoms with E-state index in [1.54, 1.807) is 11.3 Å². The van der Waals surface area contributed by atoms with E-state index in [1.165, 1.54) is 14.9 Å². The molecule has 0 spiro atoms. The number of hydrogen-bond donors (Lipinski definition) is 1. The summed E-state index contributed by atoms with van der Waals surface area (Å²) in [6, 6.07) is 2.56. The lowest BCUT2D eigenvalue weighted by molar-refractivity contribution is 0.591. The van der Waals surface area contributed by atoms with E-state index in [1.807, 2.05) is 7.05 Å². The summed E-state index contributed by atoms with van der Waals surface area (Å²) in [7, 11) is 1.99. The van der Waals surface area contributed by atoms with Crippen LogP contribution in [0.4, 0.5) is 0 Å². The van der Waals surface area contributed by atoms with Crippen LogP contribution in [-0.4, -0.2) is 7.05 Å². The van der Waals surface area contributed by atoms with Crippen molar-refractivity contribution < 1.29 is 0 Å². The molecule has 1 N–H and O–H groups in total. The highest BCUT2D eigenvalue weighted by Crippen LogP contribution is 2.28. The highest BCUT2D eigenvalue weighted by molar-refractivity contribution is 9.11. The Kier molecular flexibility index (Phi) is 4.16. The fourth-order valence-corrected chi connectivity index (χ4v) is 2.47. The van der Waals surface area contributed by atoms with Crippen molar-refractivity contribution >= 4 is 27.3 Å². The van der Waals surface area contributed by atoms with Crippen LogP contribution in [0.2, 0.25) is 0 Å². The topological polar surface area (TPSA) is 12.0 Å². The van der Waals surface area contributed by atoms with E-state index in [-0.39, 0.29) is 0 Å². The third-order valence-corrected chi connectivity index (χ3v) is 3.41. The number of hydrogen-bond acceptors (Lipinski definition) is 2. The SMILES string of the molecule is C=C(C)CC(NC)c1csc(Br)c1. The Morgan fingerprint density at radius 2 is 2.46 bits per heavy atom. The first-order valence-electron chi connectivity index (χ1n) is 4.19. The van der Waals surface area contributed by atoms with Crippen molar-refractivity contribution in [1.82, 2.24) is 5.32 Å². The van der Waals surface area contributed by atoms with Gasteiger partial charge in [0.2, 0.25) is 0 Å². The summed E-state index contributed by atoms with van der Waals surface area (Å²) in [5.74, 6) is 0. The van der Waals surface area contributed by atoms with E-state index in [0.717, 1.165) is 6.42 Å². The summed E-state index contributed by atoms with van der Waals surface area (Å²) >= 11 is 5.19. The Morgan fingerprint density at radius 1 is 1.77 bits per heavy atom. The molecule has 0 aliphatic carbocycles. The highest BCUT2D eigenvalue weighted by atomic mass is 79.9. The summed E-state index contributed by atoms with van der Waals surface area (Å²) < 4.78 is 1.18. The Balaban J connectivity index is 2.72. The molecule has 0 bridgehead atoms. The molecule has 3 heteroatoms. The summed E-state index contributed by atoms with van der Waals surface area (Å²) in [5.41, 5.74) is 2.55. The molecule has 0 aromatic carbocycles. The molecule has 0 fully saturated rings. The van der Waals surface area contributed by atoms with Gasteiger partial charge in [-0.15, -0.1) is 17.9 Å². The van der Waals surface area contributed by atoms with E-state index in [0.29, 0.717) is 6.04 Å². The van der Waals surface area contributed by atoms with Crippen molar-refractivity contribution in [3.63, 3.8) is 0 Å². The van der Waals surface area contributed by atoms with E-state index in [2.05, 4.69) is 46.2 Å². The second-order valence-corrected chi connectivity index (χ2v) is 5.48. The van der Waals surface area contributed by atoms with Gasteiger partial charge in [-0.2, -0.15) is 0 Å². The van der Waals surface area contributed by atoms with Crippen LogP contribution in [0.15, 0.2) is 27.4 Å². The number of nitrogens with one attached hydrogen (secondary N) is 1. The first kappa shape index (κ1) is 11.0. The predicted octanol–water partition coefficient (Wildman–Crippen LogP) is 3.74. The lowest BCUT2D eigenvalue weighted by Crippen LogP contribution is -2.15. The van der Waals surface area contributed by atoms with E-state index < -0.39 is 0 Å². The minimum atomic E-state index is 0.403. The van der Waals surface area contributed by atoms with Crippen molar-refractivity contribution in [1.29, 1.82) is 0 Å². The molecule has 0 saturated heterocycles. The Bertz CT molecular complexity index is 293. The largest absolute Gasteiger partial charge is 0.313 e. The van der Waals surface area contributed by atoms with Crippen LogP contribution in [-0.2, 0) is 0 Å². The highest BCUT2D eigenvalue weighted by Gasteiger charge is 2.10. The van der Waals surface area contributed by atoms with Crippen molar-refractivity contribution in [2.75, 3.05) is 7.05 Å². The van der Waals surface area contributed by atoms with Crippen LogP contribution in [0.1, 0.15) is 24.9 Å². The Morgan fingerprint density at radius 3 is 2.85 bits per heavy atom. The maximum atomic E-state index is 3.93. The van der Waals surface area contributed by atoms with Gasteiger partial charge in [0.1, 0.15) is 0 Å². The second kappa shape index (κ2) is 4.94. The van der Waals surface area contributed by atoms with Gasteiger partial charge < -0.3 is 5.32 Å². The van der Waals surface area contributed by atoms with Gasteiger partial charge in [-0.25, -0.2) is 0 Å². The average molecular weight is 260 g/mol. The fraction of sp³-hybridized carbons (Fsp3) is 0.400. The summed E-state index contributed by atoms with van der Waals surface area (Å²) in [6.07, 6.45) is 1.000. The van der Waals surface area contributed by atoms with Crippen molar-refractivity contribution in [3.8, 4) is 0 Å². The quantitative estimate of drug-likeness (QED) is 0.813. The van der Waals surface area contributed by atoms with Gasteiger partial charge in [0, 0.05) is 6.04 Å². The van der Waals surface area contributed by atoms with Crippen LogP contribution >= 0.6 is 27.3 Å². The second-order valence-electron chi connectivity index (χ2n) is 3.19. The van der Waals surface area contributed by atoms with Crippen LogP contribution in [0.25, 0.3) is 0 Å². The maximum absolute atomic E-state index is 3.93. The number of thiophene rings is 1. The molecular weight excluding hydrogens is 246 g/mol. The lowest BCUT2D eigenvalue weighted by Gasteiger charge is -2.14. The zero-order valence-corrected chi connectivity index (χ0v) is 10.3. The predicted molar refractivity (Wildman–Crippen MR) is 63.3 cm³/mol. The van der Waals surface area contributed by atoms with E-state index in [9.17, 15) is 0 Å². The van der Waals surface area contributed by atoms with Gasteiger partial charge in [-0.1, -0.05) is 5.57 Å². The molecule has 0 amide bonds. The molecule has 13 heavy (non-hydrogen) atoms. The van der Waals surface area contributed by atoms with E-state index in [4.69, 9.17) is 0 Å². The Labute approximate surface area is 92.0 Å². The normalized spacial score (nSPS) is 12.8. The molecule has 0 radical (unpaired) electrons.